The van der Waals surface area contributed by atoms with Gasteiger partial charge < -0.3 is 20.2 Å². The van der Waals surface area contributed by atoms with E-state index in [1.54, 1.807) is 0 Å². The lowest BCUT2D eigenvalue weighted by Crippen LogP contribution is -2.51. The highest BCUT2D eigenvalue weighted by Gasteiger charge is 2.40. The van der Waals surface area contributed by atoms with Gasteiger partial charge in [0.05, 0.1) is 0 Å². The molecule has 2 aromatic carbocycles. The number of benzene rings is 2. The fraction of sp³-hybridized carbons (Fsp3) is 0.370. The van der Waals surface area contributed by atoms with Crippen LogP contribution in [-0.2, 0) is 18.4 Å². The van der Waals surface area contributed by atoms with Crippen molar-refractivity contribution in [1.29, 1.82) is 0 Å². The highest BCUT2D eigenvalue weighted by Crippen LogP contribution is 2.41. The number of aromatic nitrogens is 4. The summed E-state index contributed by atoms with van der Waals surface area (Å²) in [5.74, 6) is 1.26. The molecule has 0 saturated heterocycles. The van der Waals surface area contributed by atoms with Crippen LogP contribution in [0.5, 0.6) is 0 Å². The van der Waals surface area contributed by atoms with E-state index in [0.29, 0.717) is 25.3 Å². The number of rotatable bonds is 5. The van der Waals surface area contributed by atoms with Gasteiger partial charge in [-0.2, -0.15) is 0 Å². The molecule has 3 N–H and O–H groups in total. The first-order valence-electron chi connectivity index (χ1n) is 12.3. The Hall–Kier alpha value is -3.16. The highest BCUT2D eigenvalue weighted by atomic mass is 35.5. The maximum Gasteiger partial charge on any atom is 0.292 e. The summed E-state index contributed by atoms with van der Waals surface area (Å²) in [4.78, 5) is 18.9. The minimum absolute atomic E-state index is 0.0142. The number of hydrogen-bond acceptors (Lipinski definition) is 4. The molecule has 0 unspecified atom stereocenters. The molecule has 2 aromatic heterocycles. The molecule has 2 aliphatic rings. The van der Waals surface area contributed by atoms with Crippen molar-refractivity contribution in [2.75, 3.05) is 13.1 Å². The molecule has 4 aromatic rings. The zero-order valence-corrected chi connectivity index (χ0v) is 20.3. The van der Waals surface area contributed by atoms with Crippen LogP contribution in [-0.4, -0.2) is 49.7 Å². The molecule has 6 rings (SSSR count). The van der Waals surface area contributed by atoms with Gasteiger partial charge in [-0.05, 0) is 60.9 Å². The van der Waals surface area contributed by atoms with Crippen LogP contribution in [0.3, 0.4) is 0 Å². The summed E-state index contributed by atoms with van der Waals surface area (Å²) in [6.45, 7) is 1.98. The van der Waals surface area contributed by atoms with Crippen molar-refractivity contribution >= 4 is 28.4 Å². The molecular weight excluding hydrogens is 460 g/mol. The fourth-order valence-corrected chi connectivity index (χ4v) is 6.13. The van der Waals surface area contributed by atoms with Crippen LogP contribution in [0.15, 0.2) is 54.6 Å². The average molecular weight is 489 g/mol. The van der Waals surface area contributed by atoms with Crippen molar-refractivity contribution in [3.63, 3.8) is 0 Å². The molecule has 8 heteroatoms. The summed E-state index contributed by atoms with van der Waals surface area (Å²) in [7, 11) is 0. The molecular formula is C27H29ClN6O. The van der Waals surface area contributed by atoms with Gasteiger partial charge in [0.2, 0.25) is 5.82 Å². The Bertz CT molecular complexity index is 1350. The molecule has 180 valence electrons. The Morgan fingerprint density at radius 3 is 2.66 bits per heavy atom. The van der Waals surface area contributed by atoms with Gasteiger partial charge in [-0.25, -0.2) is 0 Å². The van der Waals surface area contributed by atoms with E-state index in [1.165, 1.54) is 10.9 Å². The molecule has 1 aliphatic carbocycles. The van der Waals surface area contributed by atoms with Gasteiger partial charge in [-0.1, -0.05) is 41.9 Å². The highest BCUT2D eigenvalue weighted by molar-refractivity contribution is 6.30. The average Bonchev–Trinajstić information content (AvgIpc) is 3.49. The number of nitrogens with one attached hydrogen (secondary N) is 1. The topological polar surface area (TPSA) is 92.8 Å². The van der Waals surface area contributed by atoms with E-state index in [0.717, 1.165) is 54.3 Å². The quantitative estimate of drug-likeness (QED) is 0.438. The van der Waals surface area contributed by atoms with Crippen LogP contribution in [0.2, 0.25) is 5.02 Å². The van der Waals surface area contributed by atoms with Crippen LogP contribution in [0, 0.1) is 0 Å². The first-order chi connectivity index (χ1) is 17.1. The Morgan fingerprint density at radius 1 is 1.06 bits per heavy atom. The van der Waals surface area contributed by atoms with Crippen LogP contribution in [0.25, 0.3) is 10.9 Å². The molecule has 1 fully saturated rings. The van der Waals surface area contributed by atoms with Gasteiger partial charge in [0.25, 0.3) is 5.91 Å². The summed E-state index contributed by atoms with van der Waals surface area (Å²) >= 11 is 6.26. The Labute approximate surface area is 209 Å². The Morgan fingerprint density at radius 2 is 1.89 bits per heavy atom. The second-order valence-corrected chi connectivity index (χ2v) is 10.3. The van der Waals surface area contributed by atoms with E-state index in [9.17, 15) is 4.79 Å². The van der Waals surface area contributed by atoms with Crippen LogP contribution in [0.1, 0.15) is 53.4 Å². The summed E-state index contributed by atoms with van der Waals surface area (Å²) < 4.78 is 1.99. The molecule has 0 radical (unpaired) electrons. The summed E-state index contributed by atoms with van der Waals surface area (Å²) in [5, 5.41) is 10.6. The van der Waals surface area contributed by atoms with Crippen molar-refractivity contribution < 1.29 is 4.79 Å². The number of amides is 1. The zero-order chi connectivity index (χ0) is 24.0. The van der Waals surface area contributed by atoms with Crippen molar-refractivity contribution in [1.82, 2.24) is 24.6 Å². The lowest BCUT2D eigenvalue weighted by Gasteiger charge is -2.44. The van der Waals surface area contributed by atoms with E-state index in [1.807, 2.05) is 39.8 Å². The van der Waals surface area contributed by atoms with Crippen LogP contribution in [0.4, 0.5) is 0 Å². The van der Waals surface area contributed by atoms with E-state index >= 15 is 0 Å². The van der Waals surface area contributed by atoms with Gasteiger partial charge in [-0.15, -0.1) is 10.2 Å². The van der Waals surface area contributed by atoms with Gasteiger partial charge >= 0.3 is 0 Å². The van der Waals surface area contributed by atoms with Gasteiger partial charge in [-0.3, -0.25) is 4.79 Å². The predicted molar refractivity (Wildman–Crippen MR) is 137 cm³/mol. The first kappa shape index (κ1) is 22.3. The number of nitrogens with two attached hydrogens (primary N) is 1. The minimum atomic E-state index is -0.0764. The van der Waals surface area contributed by atoms with Crippen molar-refractivity contribution in [2.24, 2.45) is 5.73 Å². The number of carbonyl (C=O) groups is 1. The zero-order valence-electron chi connectivity index (χ0n) is 19.6. The van der Waals surface area contributed by atoms with Gasteiger partial charge in [0, 0.05) is 53.7 Å². The maximum atomic E-state index is 13.4. The predicted octanol–water partition coefficient (Wildman–Crippen LogP) is 4.30. The molecule has 7 nitrogen and oxygen atoms in total. The largest absolute Gasteiger partial charge is 0.358 e. The second kappa shape index (κ2) is 8.81. The maximum absolute atomic E-state index is 13.4. The first-order valence-corrected chi connectivity index (χ1v) is 12.7. The summed E-state index contributed by atoms with van der Waals surface area (Å²) in [6.07, 6.45) is 4.35. The lowest BCUT2D eigenvalue weighted by molar-refractivity contribution is 0.0521. The number of fused-ring (bicyclic) bond motifs is 2. The monoisotopic (exact) mass is 488 g/mol. The molecule has 1 saturated carbocycles. The Kier molecular flexibility index (Phi) is 5.61. The van der Waals surface area contributed by atoms with E-state index in [-0.39, 0.29) is 17.4 Å². The second-order valence-electron chi connectivity index (χ2n) is 9.87. The van der Waals surface area contributed by atoms with Crippen LogP contribution >= 0.6 is 11.6 Å². The number of H-pyrrole nitrogens is 1. The number of nitrogens with zero attached hydrogens (tertiary/aromatic N) is 4. The number of aromatic amines is 1. The molecule has 1 aliphatic heterocycles. The van der Waals surface area contributed by atoms with E-state index < -0.39 is 0 Å². The molecule has 35 heavy (non-hydrogen) atoms. The standard InChI is InChI=1S/C27H29ClN6O/c28-20-6-3-5-19(15-20)27(17-29)10-8-22(9-11-27)33-12-13-34-24(31-32-25(34)26(33)35)16-21-14-18-4-1-2-7-23(18)30-21/h1-7,14-15,22,30H,8-13,16-17,29H2/t22-,27+. The fourth-order valence-electron chi connectivity index (χ4n) is 5.94. The normalized spacial score (nSPS) is 22.5. The summed E-state index contributed by atoms with van der Waals surface area (Å²) in [6, 6.07) is 18.6. The SMILES string of the molecule is NC[C@]1(c2cccc(Cl)c2)CC[C@@H](N2CCn3c(Cc4cc5ccccc5[nH]4)nnc3C2=O)CC1. The molecule has 0 spiro atoms. The van der Waals surface area contributed by atoms with Gasteiger partial charge in [0.15, 0.2) is 0 Å². The molecule has 0 bridgehead atoms. The third kappa shape index (κ3) is 3.93. The van der Waals surface area contributed by atoms with Crippen molar-refractivity contribution in [3.8, 4) is 0 Å². The van der Waals surface area contributed by atoms with Crippen molar-refractivity contribution in [2.45, 2.75) is 50.1 Å². The van der Waals surface area contributed by atoms with E-state index in [4.69, 9.17) is 17.3 Å². The lowest BCUT2D eigenvalue weighted by atomic mass is 9.68. The molecule has 0 atom stereocenters. The molecule has 3 heterocycles. The Balaban J connectivity index is 1.17. The van der Waals surface area contributed by atoms with Crippen molar-refractivity contribution in [3.05, 3.63) is 82.5 Å². The summed E-state index contributed by atoms with van der Waals surface area (Å²) in [5.41, 5.74) is 9.58. The van der Waals surface area contributed by atoms with Gasteiger partial charge in [0.1, 0.15) is 5.82 Å². The number of halogens is 1. The van der Waals surface area contributed by atoms with Crippen LogP contribution < -0.4 is 5.73 Å². The number of carbonyl (C=O) groups excluding carboxylic acids is 1. The smallest absolute Gasteiger partial charge is 0.292 e. The number of para-hydroxylation sites is 1. The molecule has 1 amide bonds. The third-order valence-corrected chi connectivity index (χ3v) is 8.19. The van der Waals surface area contributed by atoms with E-state index in [2.05, 4.69) is 39.4 Å². The minimum Gasteiger partial charge on any atom is -0.358 e. The third-order valence-electron chi connectivity index (χ3n) is 7.96. The number of hydrogen-bond donors (Lipinski definition) is 2.